The van der Waals surface area contributed by atoms with Crippen LogP contribution >= 0.6 is 0 Å². The van der Waals surface area contributed by atoms with Crippen LogP contribution in [0.2, 0.25) is 0 Å². The molecular formula is C14H22N2O3. The molecule has 5 heteroatoms. The smallest absolute Gasteiger partial charge is 0.267 e. The van der Waals surface area contributed by atoms with E-state index in [-0.39, 0.29) is 24.2 Å². The molecule has 3 N–H and O–H groups in total. The van der Waals surface area contributed by atoms with E-state index < -0.39 is 5.60 Å². The predicted molar refractivity (Wildman–Crippen MR) is 73.2 cm³/mol. The number of rotatable bonds is 6. The number of aromatic amines is 1. The lowest BCUT2D eigenvalue weighted by atomic mass is 9.88. The van der Waals surface area contributed by atoms with Gasteiger partial charge in [-0.25, -0.2) is 0 Å². The van der Waals surface area contributed by atoms with E-state index in [0.29, 0.717) is 11.3 Å². The third kappa shape index (κ3) is 3.92. The molecule has 0 aliphatic heterocycles. The second-order valence-electron chi connectivity index (χ2n) is 5.21. The Morgan fingerprint density at radius 3 is 2.63 bits per heavy atom. The number of carbonyl (C=O) groups excluding carboxylic acids is 2. The van der Waals surface area contributed by atoms with Gasteiger partial charge in [0.25, 0.3) is 5.91 Å². The summed E-state index contributed by atoms with van der Waals surface area (Å²) < 4.78 is 0. The highest BCUT2D eigenvalue weighted by atomic mass is 16.3. The molecule has 2 unspecified atom stereocenters. The van der Waals surface area contributed by atoms with Crippen molar-refractivity contribution in [1.29, 1.82) is 0 Å². The Bertz CT molecular complexity index is 463. The molecule has 0 radical (unpaired) electrons. The van der Waals surface area contributed by atoms with Crippen LogP contribution < -0.4 is 5.32 Å². The van der Waals surface area contributed by atoms with E-state index in [1.165, 1.54) is 19.2 Å². The lowest BCUT2D eigenvalue weighted by molar-refractivity contribution is 0.00588. The first-order valence-electron chi connectivity index (χ1n) is 6.48. The minimum absolute atomic E-state index is 0.0872. The van der Waals surface area contributed by atoms with Crippen molar-refractivity contribution >= 4 is 11.7 Å². The molecule has 19 heavy (non-hydrogen) atoms. The average Bonchev–Trinajstić information content (AvgIpc) is 2.84. The number of carbonyl (C=O) groups is 2. The lowest BCUT2D eigenvalue weighted by Crippen LogP contribution is -2.45. The van der Waals surface area contributed by atoms with Gasteiger partial charge in [-0.15, -0.1) is 0 Å². The van der Waals surface area contributed by atoms with E-state index in [9.17, 15) is 14.7 Å². The normalized spacial score (nSPS) is 15.6. The van der Waals surface area contributed by atoms with Crippen molar-refractivity contribution in [2.45, 2.75) is 39.7 Å². The number of Topliss-reactive ketones (excluding diaryl/α,β-unsaturated/α-hetero) is 1. The second kappa shape index (κ2) is 6.02. The van der Waals surface area contributed by atoms with Crippen molar-refractivity contribution in [3.8, 4) is 0 Å². The number of H-pyrrole nitrogens is 1. The summed E-state index contributed by atoms with van der Waals surface area (Å²) in [5.74, 6) is -0.331. The van der Waals surface area contributed by atoms with E-state index in [2.05, 4.69) is 10.3 Å². The average molecular weight is 266 g/mol. The molecule has 1 rings (SSSR count). The molecule has 0 saturated carbocycles. The van der Waals surface area contributed by atoms with Crippen LogP contribution in [0.4, 0.5) is 0 Å². The van der Waals surface area contributed by atoms with Gasteiger partial charge in [0, 0.05) is 18.3 Å². The molecule has 0 spiro atoms. The number of aromatic nitrogens is 1. The van der Waals surface area contributed by atoms with Crippen LogP contribution in [0.1, 0.15) is 55.0 Å². The van der Waals surface area contributed by atoms with Gasteiger partial charge in [-0.05, 0) is 25.8 Å². The number of hydrogen-bond acceptors (Lipinski definition) is 3. The van der Waals surface area contributed by atoms with Crippen molar-refractivity contribution in [2.24, 2.45) is 5.92 Å². The minimum Gasteiger partial charge on any atom is -0.388 e. The zero-order chi connectivity index (χ0) is 14.6. The van der Waals surface area contributed by atoms with Gasteiger partial charge < -0.3 is 15.4 Å². The molecule has 0 aliphatic carbocycles. The van der Waals surface area contributed by atoms with Gasteiger partial charge in [-0.3, -0.25) is 9.59 Å². The lowest BCUT2D eigenvalue weighted by Gasteiger charge is -2.29. The largest absolute Gasteiger partial charge is 0.388 e. The molecule has 0 saturated heterocycles. The van der Waals surface area contributed by atoms with Gasteiger partial charge in [0.2, 0.25) is 0 Å². The molecule has 1 aromatic heterocycles. The quantitative estimate of drug-likeness (QED) is 0.686. The number of hydrogen-bond donors (Lipinski definition) is 3. The highest BCUT2D eigenvalue weighted by Crippen LogP contribution is 2.19. The third-order valence-electron chi connectivity index (χ3n) is 3.62. The SMILES string of the molecule is CCC(C)C(C)(O)CNC(=O)c1cc(C(C)=O)c[nH]1. The van der Waals surface area contributed by atoms with Crippen molar-refractivity contribution in [2.75, 3.05) is 6.54 Å². The monoisotopic (exact) mass is 266 g/mol. The molecule has 1 aromatic rings. The van der Waals surface area contributed by atoms with E-state index >= 15 is 0 Å². The van der Waals surface area contributed by atoms with E-state index in [1.54, 1.807) is 6.92 Å². The summed E-state index contributed by atoms with van der Waals surface area (Å²) in [5.41, 5.74) is -0.149. The Morgan fingerprint density at radius 1 is 1.53 bits per heavy atom. The number of nitrogens with one attached hydrogen (secondary N) is 2. The Labute approximate surface area is 113 Å². The fourth-order valence-corrected chi connectivity index (χ4v) is 1.70. The molecule has 0 fully saturated rings. The number of aliphatic hydroxyl groups is 1. The molecule has 0 bridgehead atoms. The molecule has 5 nitrogen and oxygen atoms in total. The Kier molecular flexibility index (Phi) is 4.89. The van der Waals surface area contributed by atoms with Crippen molar-refractivity contribution in [3.63, 3.8) is 0 Å². The summed E-state index contributed by atoms with van der Waals surface area (Å²) in [6.07, 6.45) is 2.34. The van der Waals surface area contributed by atoms with Crippen LogP contribution in [0.5, 0.6) is 0 Å². The molecule has 0 aromatic carbocycles. The van der Waals surface area contributed by atoms with Crippen molar-refractivity contribution in [1.82, 2.24) is 10.3 Å². The molecule has 106 valence electrons. The summed E-state index contributed by atoms with van der Waals surface area (Å²) in [6, 6.07) is 1.51. The van der Waals surface area contributed by atoms with Gasteiger partial charge in [-0.1, -0.05) is 20.3 Å². The molecule has 2 atom stereocenters. The Balaban J connectivity index is 2.62. The van der Waals surface area contributed by atoms with Crippen molar-refractivity contribution < 1.29 is 14.7 Å². The van der Waals surface area contributed by atoms with E-state index in [0.717, 1.165) is 6.42 Å². The van der Waals surface area contributed by atoms with Crippen LogP contribution in [0.3, 0.4) is 0 Å². The Hall–Kier alpha value is -1.62. The van der Waals surface area contributed by atoms with E-state index in [1.807, 2.05) is 13.8 Å². The van der Waals surface area contributed by atoms with Gasteiger partial charge >= 0.3 is 0 Å². The number of amides is 1. The maximum Gasteiger partial charge on any atom is 0.267 e. The first-order valence-corrected chi connectivity index (χ1v) is 6.48. The summed E-state index contributed by atoms with van der Waals surface area (Å²) in [4.78, 5) is 25.8. The maximum absolute atomic E-state index is 11.9. The van der Waals surface area contributed by atoms with Crippen LogP contribution in [0, 0.1) is 5.92 Å². The number of ketones is 1. The zero-order valence-corrected chi connectivity index (χ0v) is 11.9. The summed E-state index contributed by atoms with van der Waals surface area (Å²) in [7, 11) is 0. The molecular weight excluding hydrogens is 244 g/mol. The first kappa shape index (κ1) is 15.4. The third-order valence-corrected chi connectivity index (χ3v) is 3.62. The summed E-state index contributed by atoms with van der Waals surface area (Å²) in [6.45, 7) is 7.25. The standard InChI is InChI=1S/C14H22N2O3/c1-5-9(2)14(4,19)8-16-13(18)12-6-11(7-15-12)10(3)17/h6-7,9,15,19H,5,8H2,1-4H3,(H,16,18). The summed E-state index contributed by atoms with van der Waals surface area (Å²) in [5, 5.41) is 12.9. The van der Waals surface area contributed by atoms with Crippen LogP contribution in [0.25, 0.3) is 0 Å². The summed E-state index contributed by atoms with van der Waals surface area (Å²) >= 11 is 0. The molecule has 0 aliphatic rings. The Morgan fingerprint density at radius 2 is 2.16 bits per heavy atom. The van der Waals surface area contributed by atoms with Crippen molar-refractivity contribution in [3.05, 3.63) is 23.5 Å². The van der Waals surface area contributed by atoms with Gasteiger partial charge in [0.05, 0.1) is 5.60 Å². The second-order valence-corrected chi connectivity index (χ2v) is 5.21. The predicted octanol–water partition coefficient (Wildman–Crippen LogP) is 1.74. The van der Waals surface area contributed by atoms with Crippen LogP contribution in [-0.4, -0.2) is 33.9 Å². The molecule has 1 amide bonds. The molecule has 1 heterocycles. The van der Waals surface area contributed by atoms with Crippen LogP contribution in [-0.2, 0) is 0 Å². The highest BCUT2D eigenvalue weighted by Gasteiger charge is 2.27. The fourth-order valence-electron chi connectivity index (χ4n) is 1.70. The fraction of sp³-hybridized carbons (Fsp3) is 0.571. The topological polar surface area (TPSA) is 82.2 Å². The zero-order valence-electron chi connectivity index (χ0n) is 11.9. The van der Waals surface area contributed by atoms with Gasteiger partial charge in [0.15, 0.2) is 5.78 Å². The van der Waals surface area contributed by atoms with E-state index in [4.69, 9.17) is 0 Å². The van der Waals surface area contributed by atoms with Gasteiger partial charge in [0.1, 0.15) is 5.69 Å². The van der Waals surface area contributed by atoms with Gasteiger partial charge in [-0.2, -0.15) is 0 Å². The minimum atomic E-state index is -0.944. The van der Waals surface area contributed by atoms with Crippen LogP contribution in [0.15, 0.2) is 12.3 Å². The first-order chi connectivity index (χ1) is 8.77. The maximum atomic E-state index is 11.9. The highest BCUT2D eigenvalue weighted by molar-refractivity contribution is 5.99.